The fourth-order valence-electron chi connectivity index (χ4n) is 1.89. The Morgan fingerprint density at radius 3 is 2.29 bits per heavy atom. The van der Waals surface area contributed by atoms with Gasteiger partial charge in [-0.3, -0.25) is 0 Å². The van der Waals surface area contributed by atoms with Crippen LogP contribution in [0.1, 0.15) is 25.8 Å². The molecule has 0 aliphatic carbocycles. The third-order valence-electron chi connectivity index (χ3n) is 3.23. The Kier molecular flexibility index (Phi) is 6.36. The van der Waals surface area contributed by atoms with Crippen molar-refractivity contribution >= 4 is 28.3 Å². The summed E-state index contributed by atoms with van der Waals surface area (Å²) in [6, 6.07) is 16.7. The molecule has 0 aliphatic rings. The van der Waals surface area contributed by atoms with E-state index in [4.69, 9.17) is 4.74 Å². The molecule has 0 radical (unpaired) electrons. The molecule has 1 N–H and O–H groups in total. The third-order valence-corrected chi connectivity index (χ3v) is 3.95. The van der Waals surface area contributed by atoms with Gasteiger partial charge in [-0.1, -0.05) is 26.0 Å². The van der Waals surface area contributed by atoms with Gasteiger partial charge in [0, 0.05) is 15.8 Å². The smallest absolute Gasteiger partial charge is 0.119 e. The fraction of sp³-hybridized carbons (Fsp3) is 0.333. The first-order valence-corrected chi connectivity index (χ1v) is 8.42. The van der Waals surface area contributed by atoms with Crippen LogP contribution in [0.3, 0.4) is 0 Å². The highest BCUT2D eigenvalue weighted by atomic mass is 127. The maximum atomic E-state index is 5.73. The summed E-state index contributed by atoms with van der Waals surface area (Å²) in [5.41, 5.74) is 2.40. The predicted molar refractivity (Wildman–Crippen MR) is 97.9 cm³/mol. The molecule has 0 amide bonds. The van der Waals surface area contributed by atoms with Crippen LogP contribution in [-0.2, 0) is 6.54 Å². The van der Waals surface area contributed by atoms with Crippen LogP contribution in [0, 0.1) is 9.49 Å². The largest absolute Gasteiger partial charge is 0.494 e. The number of hydrogen-bond donors (Lipinski definition) is 1. The van der Waals surface area contributed by atoms with E-state index in [1.807, 2.05) is 12.1 Å². The van der Waals surface area contributed by atoms with E-state index in [0.717, 1.165) is 31.0 Å². The van der Waals surface area contributed by atoms with E-state index in [0.29, 0.717) is 5.92 Å². The summed E-state index contributed by atoms with van der Waals surface area (Å²) in [6.07, 6.45) is 1.09. The Morgan fingerprint density at radius 2 is 1.67 bits per heavy atom. The minimum Gasteiger partial charge on any atom is -0.494 e. The molecule has 2 aromatic carbocycles. The minimum absolute atomic E-state index is 0.683. The standard InChI is InChI=1S/C18H22INO/c1-14(2)11-12-21-18-9-3-15(4-10-18)13-20-17-7-5-16(19)6-8-17/h3-10,14,20H,11-13H2,1-2H3. The van der Waals surface area contributed by atoms with Gasteiger partial charge in [-0.05, 0) is 76.9 Å². The normalized spacial score (nSPS) is 10.7. The highest BCUT2D eigenvalue weighted by molar-refractivity contribution is 14.1. The first-order valence-electron chi connectivity index (χ1n) is 7.34. The SMILES string of the molecule is CC(C)CCOc1ccc(CNc2ccc(I)cc2)cc1. The minimum atomic E-state index is 0.683. The van der Waals surface area contributed by atoms with E-state index in [1.165, 1.54) is 9.13 Å². The Balaban J connectivity index is 1.80. The lowest BCUT2D eigenvalue weighted by molar-refractivity contribution is 0.289. The predicted octanol–water partition coefficient (Wildman–Crippen LogP) is 5.33. The number of benzene rings is 2. The fourth-order valence-corrected chi connectivity index (χ4v) is 2.25. The average Bonchev–Trinajstić information content (AvgIpc) is 2.48. The van der Waals surface area contributed by atoms with Crippen molar-refractivity contribution in [3.05, 3.63) is 57.7 Å². The van der Waals surface area contributed by atoms with Crippen molar-refractivity contribution in [3.8, 4) is 5.75 Å². The summed E-state index contributed by atoms with van der Waals surface area (Å²) in [6.45, 7) is 6.04. The molecule has 3 heteroatoms. The van der Waals surface area contributed by atoms with E-state index in [-0.39, 0.29) is 0 Å². The molecule has 2 nitrogen and oxygen atoms in total. The van der Waals surface area contributed by atoms with E-state index >= 15 is 0 Å². The number of halogens is 1. The van der Waals surface area contributed by atoms with Crippen molar-refractivity contribution in [1.29, 1.82) is 0 Å². The molecule has 112 valence electrons. The van der Waals surface area contributed by atoms with Crippen molar-refractivity contribution in [2.24, 2.45) is 5.92 Å². The van der Waals surface area contributed by atoms with Crippen molar-refractivity contribution in [1.82, 2.24) is 0 Å². The molecule has 0 aliphatic heterocycles. The molecule has 0 spiro atoms. The lowest BCUT2D eigenvalue weighted by Crippen LogP contribution is -2.02. The summed E-state index contributed by atoms with van der Waals surface area (Å²) in [4.78, 5) is 0. The van der Waals surface area contributed by atoms with Crippen LogP contribution in [0.5, 0.6) is 5.75 Å². The Labute approximate surface area is 141 Å². The summed E-state index contributed by atoms with van der Waals surface area (Å²) < 4.78 is 6.98. The monoisotopic (exact) mass is 395 g/mol. The van der Waals surface area contributed by atoms with Gasteiger partial charge in [0.25, 0.3) is 0 Å². The second-order valence-electron chi connectivity index (χ2n) is 5.54. The van der Waals surface area contributed by atoms with Gasteiger partial charge in [0.05, 0.1) is 6.61 Å². The summed E-state index contributed by atoms with van der Waals surface area (Å²) in [5, 5.41) is 3.42. The van der Waals surface area contributed by atoms with Gasteiger partial charge in [-0.25, -0.2) is 0 Å². The van der Waals surface area contributed by atoms with Gasteiger partial charge >= 0.3 is 0 Å². The van der Waals surface area contributed by atoms with E-state index in [2.05, 4.69) is 78.2 Å². The van der Waals surface area contributed by atoms with Crippen molar-refractivity contribution in [3.63, 3.8) is 0 Å². The highest BCUT2D eigenvalue weighted by Crippen LogP contribution is 2.16. The van der Waals surface area contributed by atoms with Gasteiger partial charge in [0.1, 0.15) is 5.75 Å². The molecular formula is C18H22INO. The second-order valence-corrected chi connectivity index (χ2v) is 6.78. The first kappa shape index (κ1) is 16.1. The Morgan fingerprint density at radius 1 is 1.00 bits per heavy atom. The van der Waals surface area contributed by atoms with Crippen LogP contribution >= 0.6 is 22.6 Å². The Hall–Kier alpha value is -1.23. The zero-order valence-corrected chi connectivity index (χ0v) is 14.8. The maximum Gasteiger partial charge on any atom is 0.119 e. The molecule has 21 heavy (non-hydrogen) atoms. The van der Waals surface area contributed by atoms with Gasteiger partial charge in [0.15, 0.2) is 0 Å². The number of ether oxygens (including phenoxy) is 1. The first-order chi connectivity index (χ1) is 10.1. The van der Waals surface area contributed by atoms with Gasteiger partial charge in [-0.15, -0.1) is 0 Å². The molecule has 0 bridgehead atoms. The maximum absolute atomic E-state index is 5.73. The molecule has 0 fully saturated rings. The molecule has 0 heterocycles. The lowest BCUT2D eigenvalue weighted by Gasteiger charge is -2.10. The summed E-state index contributed by atoms with van der Waals surface area (Å²) >= 11 is 2.31. The van der Waals surface area contributed by atoms with Gasteiger partial charge in [0.2, 0.25) is 0 Å². The molecule has 2 aromatic rings. The van der Waals surface area contributed by atoms with Gasteiger partial charge in [-0.2, -0.15) is 0 Å². The zero-order chi connectivity index (χ0) is 15.1. The number of anilines is 1. The van der Waals surface area contributed by atoms with Crippen LogP contribution in [0.25, 0.3) is 0 Å². The van der Waals surface area contributed by atoms with E-state index in [9.17, 15) is 0 Å². The summed E-state index contributed by atoms with van der Waals surface area (Å²) in [5.74, 6) is 1.64. The lowest BCUT2D eigenvalue weighted by atomic mass is 10.1. The molecule has 0 saturated heterocycles. The molecular weight excluding hydrogens is 373 g/mol. The van der Waals surface area contributed by atoms with Crippen LogP contribution in [0.2, 0.25) is 0 Å². The van der Waals surface area contributed by atoms with Crippen LogP contribution in [-0.4, -0.2) is 6.61 Å². The highest BCUT2D eigenvalue weighted by Gasteiger charge is 1.98. The summed E-state index contributed by atoms with van der Waals surface area (Å²) in [7, 11) is 0. The average molecular weight is 395 g/mol. The van der Waals surface area contributed by atoms with Crippen LogP contribution in [0.15, 0.2) is 48.5 Å². The zero-order valence-electron chi connectivity index (χ0n) is 12.6. The molecule has 0 unspecified atom stereocenters. The van der Waals surface area contributed by atoms with Crippen molar-refractivity contribution in [2.75, 3.05) is 11.9 Å². The van der Waals surface area contributed by atoms with E-state index in [1.54, 1.807) is 0 Å². The van der Waals surface area contributed by atoms with Crippen LogP contribution < -0.4 is 10.1 Å². The Bertz CT molecular complexity index is 534. The second kappa shape index (κ2) is 8.27. The number of hydrogen-bond acceptors (Lipinski definition) is 2. The third kappa shape index (κ3) is 5.96. The quantitative estimate of drug-likeness (QED) is 0.640. The molecule has 0 atom stereocenters. The van der Waals surface area contributed by atoms with Crippen molar-refractivity contribution < 1.29 is 4.74 Å². The van der Waals surface area contributed by atoms with Gasteiger partial charge < -0.3 is 10.1 Å². The number of rotatable bonds is 7. The van der Waals surface area contributed by atoms with Crippen LogP contribution in [0.4, 0.5) is 5.69 Å². The molecule has 0 aromatic heterocycles. The topological polar surface area (TPSA) is 21.3 Å². The van der Waals surface area contributed by atoms with E-state index < -0.39 is 0 Å². The molecule has 0 saturated carbocycles. The van der Waals surface area contributed by atoms with Crippen molar-refractivity contribution in [2.45, 2.75) is 26.8 Å². The molecule has 2 rings (SSSR count). The number of nitrogens with one attached hydrogen (secondary N) is 1.